The molecule has 5 nitrogen and oxygen atoms in total. The van der Waals surface area contributed by atoms with E-state index in [0.29, 0.717) is 5.56 Å². The summed E-state index contributed by atoms with van der Waals surface area (Å²) in [6.07, 6.45) is 8.14. The van der Waals surface area contributed by atoms with E-state index in [2.05, 4.69) is 33.7 Å². The largest absolute Gasteiger partial charge is 0.379 e. The number of carbonyl (C=O) groups is 1. The van der Waals surface area contributed by atoms with Gasteiger partial charge in [-0.2, -0.15) is 0 Å². The highest BCUT2D eigenvalue weighted by atomic mass is 16.5. The van der Waals surface area contributed by atoms with Crippen LogP contribution in [0.1, 0.15) is 54.4 Å². The second-order valence-electron chi connectivity index (χ2n) is 10.9. The molecule has 0 radical (unpaired) electrons. The first kappa shape index (κ1) is 21.2. The Bertz CT molecular complexity index is 978. The Hall–Kier alpha value is -2.37. The fourth-order valence-electron chi connectivity index (χ4n) is 7.27. The van der Waals surface area contributed by atoms with Crippen molar-refractivity contribution >= 4 is 17.3 Å². The molecule has 0 unspecified atom stereocenters. The van der Waals surface area contributed by atoms with Gasteiger partial charge in [0, 0.05) is 30.7 Å². The lowest BCUT2D eigenvalue weighted by molar-refractivity contribution is 0.0107. The number of nitrogens with one attached hydrogen (secondary N) is 2. The van der Waals surface area contributed by atoms with E-state index < -0.39 is 0 Å². The van der Waals surface area contributed by atoms with Crippen LogP contribution in [0.5, 0.6) is 0 Å². The molecule has 1 aliphatic heterocycles. The third kappa shape index (κ3) is 4.53. The zero-order valence-corrected chi connectivity index (χ0v) is 19.4. The third-order valence-electron chi connectivity index (χ3n) is 8.31. The van der Waals surface area contributed by atoms with Crippen LogP contribution in [0.25, 0.3) is 0 Å². The number of nitrogens with zero attached hydrogens (tertiary/aromatic N) is 1. The van der Waals surface area contributed by atoms with E-state index in [-0.39, 0.29) is 11.4 Å². The molecule has 4 bridgehead atoms. The molecule has 4 saturated carbocycles. The Balaban J connectivity index is 1.16. The van der Waals surface area contributed by atoms with Crippen molar-refractivity contribution in [3.8, 4) is 0 Å². The number of morpholine rings is 1. The maximum atomic E-state index is 13.2. The molecule has 2 aromatic rings. The van der Waals surface area contributed by atoms with Crippen molar-refractivity contribution in [3.63, 3.8) is 0 Å². The highest BCUT2D eigenvalue weighted by Crippen LogP contribution is 2.56. The normalized spacial score (nSPS) is 30.8. The fourth-order valence-corrected chi connectivity index (χ4v) is 7.27. The highest BCUT2D eigenvalue weighted by Gasteiger charge is 2.51. The Morgan fingerprint density at radius 2 is 1.58 bits per heavy atom. The molecule has 2 aromatic carbocycles. The van der Waals surface area contributed by atoms with Crippen molar-refractivity contribution in [3.05, 3.63) is 59.7 Å². The quantitative estimate of drug-likeness (QED) is 0.646. The van der Waals surface area contributed by atoms with Gasteiger partial charge in [0.15, 0.2) is 0 Å². The van der Waals surface area contributed by atoms with Gasteiger partial charge in [-0.3, -0.25) is 9.69 Å². The molecule has 0 atom stereocenters. The summed E-state index contributed by atoms with van der Waals surface area (Å²) in [6, 6.07) is 16.3. The van der Waals surface area contributed by atoms with Crippen molar-refractivity contribution in [1.82, 2.24) is 4.90 Å². The number of rotatable bonds is 6. The molecular formula is C28H35N3O2. The van der Waals surface area contributed by atoms with Crippen LogP contribution in [0.15, 0.2) is 48.5 Å². The number of anilines is 2. The number of hydrogen-bond acceptors (Lipinski definition) is 4. The van der Waals surface area contributed by atoms with Gasteiger partial charge in [-0.05, 0) is 86.1 Å². The summed E-state index contributed by atoms with van der Waals surface area (Å²) in [5.41, 5.74) is 4.05. The van der Waals surface area contributed by atoms with Crippen LogP contribution < -0.4 is 10.6 Å². The van der Waals surface area contributed by atoms with Crippen molar-refractivity contribution in [2.75, 3.05) is 36.9 Å². The van der Waals surface area contributed by atoms with E-state index in [9.17, 15) is 4.79 Å². The minimum absolute atomic E-state index is 0.0430. The average Bonchev–Trinajstić information content (AvgIpc) is 2.80. The van der Waals surface area contributed by atoms with Gasteiger partial charge < -0.3 is 15.4 Å². The van der Waals surface area contributed by atoms with Gasteiger partial charge >= 0.3 is 0 Å². The van der Waals surface area contributed by atoms with Gasteiger partial charge in [-0.1, -0.05) is 24.3 Å². The third-order valence-corrected chi connectivity index (χ3v) is 8.31. The number of hydrogen-bond donors (Lipinski definition) is 2. The SMILES string of the molecule is O=C(Nc1ccccc1NC12CC3CC(CC(C3)C1)C2)c1cccc(CN2CCOCC2)c1. The zero-order valence-electron chi connectivity index (χ0n) is 19.4. The molecule has 7 rings (SSSR count). The minimum Gasteiger partial charge on any atom is -0.379 e. The lowest BCUT2D eigenvalue weighted by atomic mass is 9.53. The van der Waals surface area contributed by atoms with Gasteiger partial charge in [0.25, 0.3) is 5.91 Å². The van der Waals surface area contributed by atoms with Crippen molar-refractivity contribution in [2.45, 2.75) is 50.6 Å². The van der Waals surface area contributed by atoms with E-state index in [1.54, 1.807) is 0 Å². The number of para-hydroxylation sites is 2. The maximum Gasteiger partial charge on any atom is 0.255 e. The summed E-state index contributed by atoms with van der Waals surface area (Å²) in [5.74, 6) is 2.62. The summed E-state index contributed by atoms with van der Waals surface area (Å²) in [7, 11) is 0. The summed E-state index contributed by atoms with van der Waals surface area (Å²) in [4.78, 5) is 15.6. The molecule has 4 aliphatic carbocycles. The predicted molar refractivity (Wildman–Crippen MR) is 131 cm³/mol. The first-order valence-corrected chi connectivity index (χ1v) is 12.7. The zero-order chi connectivity index (χ0) is 22.3. The minimum atomic E-state index is -0.0430. The van der Waals surface area contributed by atoms with Crippen LogP contribution in [0, 0.1) is 17.8 Å². The van der Waals surface area contributed by atoms with E-state index >= 15 is 0 Å². The Morgan fingerprint density at radius 1 is 0.909 bits per heavy atom. The van der Waals surface area contributed by atoms with Crippen LogP contribution in [0.4, 0.5) is 11.4 Å². The van der Waals surface area contributed by atoms with E-state index in [0.717, 1.165) is 62.0 Å². The van der Waals surface area contributed by atoms with E-state index in [4.69, 9.17) is 4.74 Å². The second kappa shape index (κ2) is 8.77. The summed E-state index contributed by atoms with van der Waals surface area (Å²) in [6.45, 7) is 4.32. The van der Waals surface area contributed by atoms with Crippen LogP contribution in [-0.2, 0) is 11.3 Å². The van der Waals surface area contributed by atoms with Crippen molar-refractivity contribution in [1.29, 1.82) is 0 Å². The van der Waals surface area contributed by atoms with Gasteiger partial charge in [0.2, 0.25) is 0 Å². The van der Waals surface area contributed by atoms with Crippen LogP contribution in [-0.4, -0.2) is 42.6 Å². The van der Waals surface area contributed by atoms with Crippen molar-refractivity contribution in [2.24, 2.45) is 17.8 Å². The Labute approximate surface area is 196 Å². The number of amides is 1. The number of benzene rings is 2. The molecule has 1 saturated heterocycles. The highest BCUT2D eigenvalue weighted by molar-refractivity contribution is 6.06. The Kier molecular flexibility index (Phi) is 5.63. The van der Waals surface area contributed by atoms with Gasteiger partial charge in [0.1, 0.15) is 0 Å². The van der Waals surface area contributed by atoms with Crippen molar-refractivity contribution < 1.29 is 9.53 Å². The number of carbonyl (C=O) groups excluding carboxylic acids is 1. The molecule has 5 fully saturated rings. The number of ether oxygens (including phenoxy) is 1. The molecule has 1 amide bonds. The monoisotopic (exact) mass is 445 g/mol. The molecule has 1 heterocycles. The molecule has 5 heteroatoms. The topological polar surface area (TPSA) is 53.6 Å². The summed E-state index contributed by atoms with van der Waals surface area (Å²) >= 11 is 0. The molecular weight excluding hydrogens is 410 g/mol. The van der Waals surface area contributed by atoms with Crippen LogP contribution in [0.3, 0.4) is 0 Å². The van der Waals surface area contributed by atoms with Gasteiger partial charge in [-0.25, -0.2) is 0 Å². The van der Waals surface area contributed by atoms with Crippen LogP contribution in [0.2, 0.25) is 0 Å². The molecule has 5 aliphatic rings. The lowest BCUT2D eigenvalue weighted by Gasteiger charge is -2.57. The molecule has 0 aromatic heterocycles. The maximum absolute atomic E-state index is 13.2. The van der Waals surface area contributed by atoms with Crippen LogP contribution >= 0.6 is 0 Å². The fraction of sp³-hybridized carbons (Fsp3) is 0.536. The van der Waals surface area contributed by atoms with Gasteiger partial charge in [0.05, 0.1) is 24.6 Å². The predicted octanol–water partition coefficient (Wildman–Crippen LogP) is 5.15. The Morgan fingerprint density at radius 3 is 2.27 bits per heavy atom. The molecule has 174 valence electrons. The molecule has 2 N–H and O–H groups in total. The average molecular weight is 446 g/mol. The van der Waals surface area contributed by atoms with E-state index in [1.807, 2.05) is 30.3 Å². The first-order chi connectivity index (χ1) is 16.1. The smallest absolute Gasteiger partial charge is 0.255 e. The standard InChI is InChI=1S/C28H35N3O2/c32-27(24-5-3-4-20(15-24)19-31-8-10-33-11-9-31)29-25-6-1-2-7-26(25)30-28-16-21-12-22(17-28)14-23(13-21)18-28/h1-7,15,21-23,30H,8-14,16-19H2,(H,29,32). The van der Waals surface area contributed by atoms with E-state index in [1.165, 1.54) is 44.1 Å². The molecule has 0 spiro atoms. The summed E-state index contributed by atoms with van der Waals surface area (Å²) < 4.78 is 5.45. The first-order valence-electron chi connectivity index (χ1n) is 12.7. The summed E-state index contributed by atoms with van der Waals surface area (Å²) in [5, 5.41) is 7.15. The lowest BCUT2D eigenvalue weighted by Crippen LogP contribution is -2.54. The van der Waals surface area contributed by atoms with Gasteiger partial charge in [-0.15, -0.1) is 0 Å². The molecule has 33 heavy (non-hydrogen) atoms. The second-order valence-corrected chi connectivity index (χ2v) is 10.9.